The highest BCUT2D eigenvalue weighted by molar-refractivity contribution is 5.90. The zero-order chi connectivity index (χ0) is 37.4. The third-order valence-electron chi connectivity index (χ3n) is 8.05. The molecule has 0 radical (unpaired) electrons. The van der Waals surface area contributed by atoms with Gasteiger partial charge in [-0.2, -0.15) is 0 Å². The molecular formula is C36H30O17. The lowest BCUT2D eigenvalue weighted by molar-refractivity contribution is -0.271. The molecule has 5 atom stereocenters. The third-order valence-corrected chi connectivity index (χ3v) is 8.05. The first-order chi connectivity index (χ1) is 24.8. The molecule has 0 aliphatic carbocycles. The standard InChI is InChI=1S/C21H18O11.C15H10O5.H2O/c22-9-6-10(8-4-2-1-3-5-8)30-11-7-12(14(23)15(24)13(9)11)31-21-18(27)16(25)17(26)19(32-21)20(28)29;16-9-6-11(8-4-2-1-3-5-8)20-12-7-10(17)14(18)15(19)13(9)12;/h1-7,16-19,21,23-27H,(H,28,29);1-7,17-19H;1H2/t16-,17-,18+,19-,21-;;/m0../s1. The van der Waals surface area contributed by atoms with Crippen molar-refractivity contribution in [1.82, 2.24) is 0 Å². The van der Waals surface area contributed by atoms with E-state index in [1.165, 1.54) is 6.07 Å². The number of hydrogen-bond acceptors (Lipinski definition) is 15. The average molecular weight is 735 g/mol. The van der Waals surface area contributed by atoms with Gasteiger partial charge < -0.3 is 69.7 Å². The van der Waals surface area contributed by atoms with Crippen LogP contribution in [-0.4, -0.2) is 88.1 Å². The molecule has 0 unspecified atom stereocenters. The maximum atomic E-state index is 12.5. The fourth-order valence-corrected chi connectivity index (χ4v) is 5.40. The van der Waals surface area contributed by atoms with Crippen molar-refractivity contribution in [1.29, 1.82) is 0 Å². The number of carbonyl (C=O) groups is 1. The second kappa shape index (κ2) is 14.9. The summed E-state index contributed by atoms with van der Waals surface area (Å²) in [5.74, 6) is -5.42. The van der Waals surface area contributed by atoms with E-state index < -0.39 is 82.0 Å². The maximum absolute atomic E-state index is 12.5. The molecule has 0 amide bonds. The van der Waals surface area contributed by atoms with E-state index in [0.29, 0.717) is 16.9 Å². The van der Waals surface area contributed by atoms with Crippen LogP contribution in [0, 0.1) is 0 Å². The Labute approximate surface area is 295 Å². The Morgan fingerprint density at radius 2 is 1.08 bits per heavy atom. The maximum Gasteiger partial charge on any atom is 0.335 e. The van der Waals surface area contributed by atoms with Crippen molar-refractivity contribution in [2.24, 2.45) is 0 Å². The summed E-state index contributed by atoms with van der Waals surface area (Å²) in [5.41, 5.74) is -0.0696. The van der Waals surface area contributed by atoms with Crippen LogP contribution in [-0.2, 0) is 9.53 Å². The number of ether oxygens (including phenoxy) is 2. The normalized spacial score (nSPS) is 19.5. The van der Waals surface area contributed by atoms with Gasteiger partial charge in [-0.05, 0) is 0 Å². The molecule has 7 rings (SSSR count). The molecule has 2 aromatic heterocycles. The number of aliphatic hydroxyl groups is 3. The molecule has 53 heavy (non-hydrogen) atoms. The number of aromatic hydroxyl groups is 5. The lowest BCUT2D eigenvalue weighted by atomic mass is 9.99. The number of carboxylic acid groups (broad SMARTS) is 1. The number of aliphatic carboxylic acids is 1. The van der Waals surface area contributed by atoms with E-state index in [-0.39, 0.29) is 33.2 Å². The summed E-state index contributed by atoms with van der Waals surface area (Å²) >= 11 is 0. The Hall–Kier alpha value is -6.63. The Bertz CT molecular complexity index is 2410. The minimum atomic E-state index is -1.94. The predicted octanol–water partition coefficient (Wildman–Crippen LogP) is 1.89. The minimum absolute atomic E-state index is 0. The van der Waals surface area contributed by atoms with Gasteiger partial charge in [0.1, 0.15) is 51.8 Å². The van der Waals surface area contributed by atoms with Gasteiger partial charge in [0.25, 0.3) is 0 Å². The van der Waals surface area contributed by atoms with Crippen molar-refractivity contribution < 1.29 is 74.5 Å². The number of carboxylic acids is 1. The van der Waals surface area contributed by atoms with Gasteiger partial charge >= 0.3 is 5.97 Å². The molecule has 0 saturated carbocycles. The summed E-state index contributed by atoms with van der Waals surface area (Å²) in [6, 6.07) is 22.1. The van der Waals surface area contributed by atoms with E-state index >= 15 is 0 Å². The van der Waals surface area contributed by atoms with Crippen LogP contribution in [0.3, 0.4) is 0 Å². The lowest BCUT2D eigenvalue weighted by Crippen LogP contribution is -2.61. The summed E-state index contributed by atoms with van der Waals surface area (Å²) in [4.78, 5) is 35.8. The Morgan fingerprint density at radius 3 is 1.57 bits per heavy atom. The molecule has 4 aromatic carbocycles. The quantitative estimate of drug-likeness (QED) is 0.114. The highest BCUT2D eigenvalue weighted by Gasteiger charge is 2.48. The SMILES string of the molecule is O.O=C(O)[C@H]1O[C@H](Oc2cc3oc(-c4ccccc4)cc(=O)c3c(O)c2O)[C@H](O)[C@@H](O)[C@@H]1O.O=c1cc(-c2ccccc2)oc2cc(O)c(O)c(O)c12. The largest absolute Gasteiger partial charge is 0.504 e. The smallest absolute Gasteiger partial charge is 0.335 e. The number of aliphatic hydroxyl groups excluding tert-OH is 3. The molecule has 1 fully saturated rings. The van der Waals surface area contributed by atoms with Crippen LogP contribution in [0.4, 0.5) is 0 Å². The summed E-state index contributed by atoms with van der Waals surface area (Å²) in [6.45, 7) is 0. The molecule has 17 nitrogen and oxygen atoms in total. The molecule has 6 aromatic rings. The second-order valence-electron chi connectivity index (χ2n) is 11.4. The Balaban J connectivity index is 0.000000222. The average Bonchev–Trinajstić information content (AvgIpc) is 3.13. The molecule has 3 heterocycles. The van der Waals surface area contributed by atoms with E-state index in [2.05, 4.69) is 0 Å². The first-order valence-corrected chi connectivity index (χ1v) is 15.2. The Morgan fingerprint density at radius 1 is 0.604 bits per heavy atom. The van der Waals surface area contributed by atoms with Crippen LogP contribution >= 0.6 is 0 Å². The van der Waals surface area contributed by atoms with Crippen LogP contribution in [0.25, 0.3) is 44.6 Å². The summed E-state index contributed by atoms with van der Waals surface area (Å²) in [5, 5.41) is 87.7. The molecule has 1 saturated heterocycles. The van der Waals surface area contributed by atoms with E-state index in [9.17, 15) is 55.2 Å². The van der Waals surface area contributed by atoms with Gasteiger partial charge in [-0.1, -0.05) is 60.7 Å². The number of rotatable bonds is 5. The highest BCUT2D eigenvalue weighted by Crippen LogP contribution is 2.43. The van der Waals surface area contributed by atoms with Crippen molar-refractivity contribution in [3.63, 3.8) is 0 Å². The minimum Gasteiger partial charge on any atom is -0.504 e. The monoisotopic (exact) mass is 734 g/mol. The van der Waals surface area contributed by atoms with E-state index in [1.807, 2.05) is 6.07 Å². The number of hydrogen-bond donors (Lipinski definition) is 9. The van der Waals surface area contributed by atoms with Gasteiger partial charge in [0, 0.05) is 35.4 Å². The third kappa shape index (κ3) is 7.13. The van der Waals surface area contributed by atoms with Crippen LogP contribution in [0.15, 0.2) is 103 Å². The van der Waals surface area contributed by atoms with Crippen molar-refractivity contribution in [2.75, 3.05) is 0 Å². The first kappa shape index (κ1) is 37.6. The zero-order valence-corrected chi connectivity index (χ0v) is 26.9. The van der Waals surface area contributed by atoms with Gasteiger partial charge in [-0.3, -0.25) is 9.59 Å². The second-order valence-corrected chi connectivity index (χ2v) is 11.4. The summed E-state index contributed by atoms with van der Waals surface area (Å²) in [6.07, 6.45) is -9.56. The van der Waals surface area contributed by atoms with Gasteiger partial charge in [0.2, 0.25) is 17.8 Å². The van der Waals surface area contributed by atoms with Crippen LogP contribution in [0.5, 0.6) is 34.5 Å². The fourth-order valence-electron chi connectivity index (χ4n) is 5.40. The molecule has 0 bridgehead atoms. The topological polar surface area (TPSA) is 310 Å². The van der Waals surface area contributed by atoms with E-state index in [1.54, 1.807) is 54.6 Å². The summed E-state index contributed by atoms with van der Waals surface area (Å²) < 4.78 is 21.5. The number of phenolic OH excluding ortho intramolecular Hbond substituents is 5. The molecule has 1 aliphatic heterocycles. The van der Waals surface area contributed by atoms with E-state index in [0.717, 1.165) is 18.2 Å². The number of phenols is 5. The number of fused-ring (bicyclic) bond motifs is 2. The van der Waals surface area contributed by atoms with Crippen LogP contribution < -0.4 is 15.6 Å². The summed E-state index contributed by atoms with van der Waals surface area (Å²) in [7, 11) is 0. The van der Waals surface area contributed by atoms with Gasteiger partial charge in [-0.15, -0.1) is 0 Å². The molecular weight excluding hydrogens is 704 g/mol. The highest BCUT2D eigenvalue weighted by atomic mass is 16.7. The van der Waals surface area contributed by atoms with E-state index in [4.69, 9.17) is 23.4 Å². The Kier molecular flexibility index (Phi) is 10.6. The molecule has 1 aliphatic rings. The van der Waals surface area contributed by atoms with Gasteiger partial charge in [-0.25, -0.2) is 4.79 Å². The first-order valence-electron chi connectivity index (χ1n) is 15.2. The molecule has 17 heteroatoms. The predicted molar refractivity (Wildman–Crippen MR) is 183 cm³/mol. The van der Waals surface area contributed by atoms with Crippen LogP contribution in [0.1, 0.15) is 0 Å². The van der Waals surface area contributed by atoms with Crippen LogP contribution in [0.2, 0.25) is 0 Å². The molecule has 0 spiro atoms. The van der Waals surface area contributed by atoms with Crippen molar-refractivity contribution in [3.05, 3.63) is 105 Å². The fraction of sp³-hybridized carbons (Fsp3) is 0.139. The van der Waals surface area contributed by atoms with Gasteiger partial charge in [0.05, 0.1) is 0 Å². The lowest BCUT2D eigenvalue weighted by Gasteiger charge is -2.38. The molecule has 276 valence electrons. The molecule has 11 N–H and O–H groups in total. The zero-order valence-electron chi connectivity index (χ0n) is 26.9. The van der Waals surface area contributed by atoms with Gasteiger partial charge in [0.15, 0.2) is 40.0 Å². The van der Waals surface area contributed by atoms with Crippen molar-refractivity contribution in [3.8, 4) is 57.1 Å². The van der Waals surface area contributed by atoms with Crippen molar-refractivity contribution >= 4 is 27.9 Å². The van der Waals surface area contributed by atoms with Crippen molar-refractivity contribution in [2.45, 2.75) is 30.7 Å². The number of benzene rings is 4.